The summed E-state index contributed by atoms with van der Waals surface area (Å²) in [5.74, 6) is 0.333. The molecule has 0 spiro atoms. The molecule has 0 aromatic rings. The molecule has 0 heterocycles. The summed E-state index contributed by atoms with van der Waals surface area (Å²) in [5, 5.41) is 0. The standard InChI is InChI=1S/C11H21NO/c1-9(13)11(6-7-11)12(5)8-10(2,3)4/h6-8H2,1-5H3. The van der Waals surface area contributed by atoms with E-state index in [1.165, 1.54) is 0 Å². The molecule has 0 radical (unpaired) electrons. The highest BCUT2D eigenvalue weighted by Gasteiger charge is 2.51. The fraction of sp³-hybridized carbons (Fsp3) is 0.909. The molecule has 1 aliphatic rings. The third kappa shape index (κ3) is 2.31. The smallest absolute Gasteiger partial charge is 0.150 e. The molecule has 1 fully saturated rings. The lowest BCUT2D eigenvalue weighted by Crippen LogP contribution is -2.43. The topological polar surface area (TPSA) is 20.3 Å². The fourth-order valence-electron chi connectivity index (χ4n) is 1.98. The second kappa shape index (κ2) is 3.09. The Kier molecular flexibility index (Phi) is 2.54. The van der Waals surface area contributed by atoms with Gasteiger partial charge in [-0.25, -0.2) is 0 Å². The molecule has 0 atom stereocenters. The highest BCUT2D eigenvalue weighted by Crippen LogP contribution is 2.42. The molecule has 2 heteroatoms. The molecule has 0 amide bonds. The van der Waals surface area contributed by atoms with Crippen molar-refractivity contribution in [3.05, 3.63) is 0 Å². The van der Waals surface area contributed by atoms with Crippen molar-refractivity contribution in [2.24, 2.45) is 5.41 Å². The van der Waals surface area contributed by atoms with Crippen molar-refractivity contribution in [2.45, 2.75) is 46.1 Å². The predicted molar refractivity (Wildman–Crippen MR) is 54.7 cm³/mol. The molecule has 1 aliphatic carbocycles. The molecule has 0 bridgehead atoms. The van der Waals surface area contributed by atoms with Crippen LogP contribution in [0.1, 0.15) is 40.5 Å². The van der Waals surface area contributed by atoms with Gasteiger partial charge in [0.1, 0.15) is 5.78 Å². The molecule has 2 nitrogen and oxygen atoms in total. The molecule has 1 rings (SSSR count). The molecular formula is C11H21NO. The van der Waals surface area contributed by atoms with E-state index in [1.807, 2.05) is 0 Å². The van der Waals surface area contributed by atoms with E-state index in [0.29, 0.717) is 5.78 Å². The first-order valence-corrected chi connectivity index (χ1v) is 5.00. The van der Waals surface area contributed by atoms with E-state index in [2.05, 4.69) is 32.7 Å². The van der Waals surface area contributed by atoms with Gasteiger partial charge in [0.2, 0.25) is 0 Å². The van der Waals surface area contributed by atoms with E-state index >= 15 is 0 Å². The van der Waals surface area contributed by atoms with Gasteiger partial charge in [-0.1, -0.05) is 20.8 Å². The second-order valence-corrected chi connectivity index (χ2v) is 5.50. The Hall–Kier alpha value is -0.370. The van der Waals surface area contributed by atoms with Gasteiger partial charge in [0.05, 0.1) is 5.54 Å². The maximum atomic E-state index is 11.4. The summed E-state index contributed by atoms with van der Waals surface area (Å²) in [6.07, 6.45) is 2.10. The van der Waals surface area contributed by atoms with Crippen LogP contribution in [0.25, 0.3) is 0 Å². The monoisotopic (exact) mass is 183 g/mol. The van der Waals surface area contributed by atoms with Gasteiger partial charge < -0.3 is 0 Å². The molecule has 0 saturated heterocycles. The van der Waals surface area contributed by atoms with E-state index in [0.717, 1.165) is 19.4 Å². The number of ketones is 1. The zero-order valence-corrected chi connectivity index (χ0v) is 9.48. The molecule has 0 aromatic heterocycles. The van der Waals surface area contributed by atoms with Gasteiger partial charge in [-0.05, 0) is 32.2 Å². The van der Waals surface area contributed by atoms with Crippen molar-refractivity contribution in [1.29, 1.82) is 0 Å². The first-order chi connectivity index (χ1) is 5.78. The van der Waals surface area contributed by atoms with Gasteiger partial charge in [0.15, 0.2) is 0 Å². The summed E-state index contributed by atoms with van der Waals surface area (Å²) in [5.41, 5.74) is 0.188. The van der Waals surface area contributed by atoms with Crippen molar-refractivity contribution in [1.82, 2.24) is 4.90 Å². The lowest BCUT2D eigenvalue weighted by atomic mass is 9.95. The average Bonchev–Trinajstić information content (AvgIpc) is 2.59. The van der Waals surface area contributed by atoms with Crippen molar-refractivity contribution in [3.8, 4) is 0 Å². The number of nitrogens with zero attached hydrogens (tertiary/aromatic N) is 1. The number of Topliss-reactive ketones (excluding diaryl/α,β-unsaturated/α-hetero) is 1. The summed E-state index contributed by atoms with van der Waals surface area (Å²) in [6.45, 7) is 9.33. The maximum Gasteiger partial charge on any atom is 0.150 e. The minimum absolute atomic E-state index is 0.0900. The summed E-state index contributed by atoms with van der Waals surface area (Å²) >= 11 is 0. The Labute approximate surface area is 81.3 Å². The predicted octanol–water partition coefficient (Wildman–Crippen LogP) is 2.09. The van der Waals surface area contributed by atoms with Crippen LogP contribution in [-0.2, 0) is 4.79 Å². The number of carbonyl (C=O) groups excluding carboxylic acids is 1. The second-order valence-electron chi connectivity index (χ2n) is 5.50. The Morgan fingerprint density at radius 3 is 2.08 bits per heavy atom. The molecule has 0 N–H and O–H groups in total. The third-order valence-corrected chi connectivity index (χ3v) is 2.82. The fourth-order valence-corrected chi connectivity index (χ4v) is 1.98. The first-order valence-electron chi connectivity index (χ1n) is 5.00. The summed E-state index contributed by atoms with van der Waals surface area (Å²) < 4.78 is 0. The van der Waals surface area contributed by atoms with Crippen LogP contribution in [0.3, 0.4) is 0 Å². The largest absolute Gasteiger partial charge is 0.298 e. The van der Waals surface area contributed by atoms with Crippen molar-refractivity contribution < 1.29 is 4.79 Å². The minimum Gasteiger partial charge on any atom is -0.298 e. The Bertz CT molecular complexity index is 211. The molecule has 0 unspecified atom stereocenters. The molecular weight excluding hydrogens is 162 g/mol. The van der Waals surface area contributed by atoms with Crippen LogP contribution in [0.5, 0.6) is 0 Å². The zero-order chi connectivity index (χ0) is 10.3. The van der Waals surface area contributed by atoms with Crippen molar-refractivity contribution >= 4 is 5.78 Å². The van der Waals surface area contributed by atoms with E-state index in [4.69, 9.17) is 0 Å². The number of likely N-dealkylation sites (N-methyl/N-ethyl adjacent to an activating group) is 1. The summed E-state index contributed by atoms with van der Waals surface area (Å²) in [7, 11) is 2.07. The quantitative estimate of drug-likeness (QED) is 0.667. The van der Waals surface area contributed by atoms with E-state index in [-0.39, 0.29) is 11.0 Å². The van der Waals surface area contributed by atoms with Crippen LogP contribution in [0.15, 0.2) is 0 Å². The van der Waals surface area contributed by atoms with Gasteiger partial charge >= 0.3 is 0 Å². The lowest BCUT2D eigenvalue weighted by molar-refractivity contribution is -0.123. The van der Waals surface area contributed by atoms with E-state index in [1.54, 1.807) is 6.92 Å². The highest BCUT2D eigenvalue weighted by atomic mass is 16.1. The van der Waals surface area contributed by atoms with Crippen LogP contribution >= 0.6 is 0 Å². The summed E-state index contributed by atoms with van der Waals surface area (Å²) in [4.78, 5) is 13.6. The first kappa shape index (κ1) is 10.7. The van der Waals surface area contributed by atoms with Crippen LogP contribution in [0.4, 0.5) is 0 Å². The zero-order valence-electron chi connectivity index (χ0n) is 9.48. The Balaban J connectivity index is 2.58. The maximum absolute atomic E-state index is 11.4. The SMILES string of the molecule is CC(=O)C1(N(C)CC(C)(C)C)CC1. The highest BCUT2D eigenvalue weighted by molar-refractivity contribution is 5.89. The number of hydrogen-bond acceptors (Lipinski definition) is 2. The van der Waals surface area contributed by atoms with Crippen molar-refractivity contribution in [2.75, 3.05) is 13.6 Å². The average molecular weight is 183 g/mol. The molecule has 1 saturated carbocycles. The van der Waals surface area contributed by atoms with Gasteiger partial charge in [0, 0.05) is 6.54 Å². The normalized spacial score (nSPS) is 20.5. The third-order valence-electron chi connectivity index (χ3n) is 2.82. The van der Waals surface area contributed by atoms with Crippen LogP contribution in [0, 0.1) is 5.41 Å². The van der Waals surface area contributed by atoms with Crippen molar-refractivity contribution in [3.63, 3.8) is 0 Å². The molecule has 0 aromatic carbocycles. The van der Waals surface area contributed by atoms with E-state index < -0.39 is 0 Å². The Morgan fingerprint density at radius 1 is 1.38 bits per heavy atom. The molecule has 13 heavy (non-hydrogen) atoms. The van der Waals surface area contributed by atoms with Gasteiger partial charge in [-0.15, -0.1) is 0 Å². The molecule has 0 aliphatic heterocycles. The molecule has 76 valence electrons. The summed E-state index contributed by atoms with van der Waals surface area (Å²) in [6, 6.07) is 0. The number of hydrogen-bond donors (Lipinski definition) is 0. The lowest BCUT2D eigenvalue weighted by Gasteiger charge is -2.32. The number of carbonyl (C=O) groups is 1. The van der Waals surface area contributed by atoms with E-state index in [9.17, 15) is 4.79 Å². The Morgan fingerprint density at radius 2 is 1.85 bits per heavy atom. The van der Waals surface area contributed by atoms with Crippen LogP contribution < -0.4 is 0 Å². The van der Waals surface area contributed by atoms with Gasteiger partial charge in [-0.2, -0.15) is 0 Å². The van der Waals surface area contributed by atoms with Crippen LogP contribution in [-0.4, -0.2) is 29.8 Å². The number of rotatable bonds is 3. The minimum atomic E-state index is -0.0900. The van der Waals surface area contributed by atoms with Gasteiger partial charge in [0.25, 0.3) is 0 Å². The van der Waals surface area contributed by atoms with Gasteiger partial charge in [-0.3, -0.25) is 9.69 Å². The van der Waals surface area contributed by atoms with Crippen LogP contribution in [0.2, 0.25) is 0 Å².